The van der Waals surface area contributed by atoms with Crippen molar-refractivity contribution in [1.29, 1.82) is 0 Å². The summed E-state index contributed by atoms with van der Waals surface area (Å²) in [4.78, 5) is 16.6. The lowest BCUT2D eigenvalue weighted by Crippen LogP contribution is -2.23. The molecule has 1 aliphatic rings. The number of aryl methyl sites for hydroxylation is 1. The predicted molar refractivity (Wildman–Crippen MR) is 98.8 cm³/mol. The van der Waals surface area contributed by atoms with Gasteiger partial charge in [0.2, 0.25) is 0 Å². The third-order valence-electron chi connectivity index (χ3n) is 4.95. The fraction of sp³-hybridized carbons (Fsp3) is 0.632. The Morgan fingerprint density at radius 2 is 2.16 bits per heavy atom. The molecule has 136 valence electrons. The minimum atomic E-state index is 0.269. The Morgan fingerprint density at radius 1 is 1.32 bits per heavy atom. The molecular formula is C19H28N4O2. The number of ether oxygens (including phenoxy) is 1. The minimum absolute atomic E-state index is 0.269. The van der Waals surface area contributed by atoms with Gasteiger partial charge in [0.1, 0.15) is 11.6 Å². The zero-order valence-electron chi connectivity index (χ0n) is 15.0. The van der Waals surface area contributed by atoms with Gasteiger partial charge in [-0.2, -0.15) is 5.10 Å². The number of nitrogens with one attached hydrogen (secondary N) is 2. The molecule has 25 heavy (non-hydrogen) atoms. The van der Waals surface area contributed by atoms with Crippen LogP contribution >= 0.6 is 0 Å². The van der Waals surface area contributed by atoms with Gasteiger partial charge in [-0.15, -0.1) is 0 Å². The van der Waals surface area contributed by atoms with Crippen molar-refractivity contribution in [3.05, 3.63) is 18.0 Å². The second-order valence-corrected chi connectivity index (χ2v) is 6.87. The zero-order valence-corrected chi connectivity index (χ0v) is 15.0. The summed E-state index contributed by atoms with van der Waals surface area (Å²) in [6.45, 7) is 0.637. The predicted octanol–water partition coefficient (Wildman–Crippen LogP) is 3.63. The van der Waals surface area contributed by atoms with Gasteiger partial charge >= 0.3 is 0 Å². The lowest BCUT2D eigenvalue weighted by Gasteiger charge is -2.23. The number of anilines is 1. The van der Waals surface area contributed by atoms with E-state index in [0.717, 1.165) is 28.8 Å². The van der Waals surface area contributed by atoms with Crippen LogP contribution in [0.15, 0.2) is 12.3 Å². The number of ketones is 1. The van der Waals surface area contributed by atoms with Crippen molar-refractivity contribution in [2.45, 2.75) is 63.8 Å². The number of Topliss-reactive ketones (excluding diaryl/α,β-unsaturated/α-hetero) is 1. The lowest BCUT2D eigenvalue weighted by atomic mass is 9.95. The molecule has 0 saturated heterocycles. The van der Waals surface area contributed by atoms with Crippen LogP contribution in [0.3, 0.4) is 0 Å². The lowest BCUT2D eigenvalue weighted by molar-refractivity contribution is -0.119. The van der Waals surface area contributed by atoms with Gasteiger partial charge in [0.15, 0.2) is 0 Å². The molecule has 2 aromatic heterocycles. The first-order valence-corrected chi connectivity index (χ1v) is 9.37. The van der Waals surface area contributed by atoms with Crippen LogP contribution in [-0.4, -0.2) is 40.7 Å². The molecule has 2 heterocycles. The Labute approximate surface area is 148 Å². The number of pyridine rings is 1. The zero-order chi connectivity index (χ0) is 17.5. The minimum Gasteiger partial charge on any atom is -0.385 e. The molecule has 0 aromatic carbocycles. The molecule has 2 aromatic rings. The van der Waals surface area contributed by atoms with Crippen LogP contribution in [0.5, 0.6) is 0 Å². The molecule has 2 N–H and O–H groups in total. The Balaban J connectivity index is 1.67. The van der Waals surface area contributed by atoms with Gasteiger partial charge in [0.25, 0.3) is 0 Å². The number of rotatable bonds is 9. The van der Waals surface area contributed by atoms with Gasteiger partial charge < -0.3 is 10.1 Å². The molecule has 3 rings (SSSR count). The largest absolute Gasteiger partial charge is 0.385 e. The Morgan fingerprint density at radius 3 is 2.96 bits per heavy atom. The summed E-state index contributed by atoms with van der Waals surface area (Å²) in [6, 6.07) is 2.41. The van der Waals surface area contributed by atoms with Gasteiger partial charge in [-0.25, -0.2) is 4.98 Å². The van der Waals surface area contributed by atoms with E-state index in [1.165, 1.54) is 32.1 Å². The number of carbonyl (C=O) groups is 1. The smallest absolute Gasteiger partial charge is 0.137 e. The fourth-order valence-corrected chi connectivity index (χ4v) is 3.56. The van der Waals surface area contributed by atoms with Crippen molar-refractivity contribution in [2.75, 3.05) is 19.0 Å². The van der Waals surface area contributed by atoms with Crippen LogP contribution in [0.2, 0.25) is 0 Å². The van der Waals surface area contributed by atoms with Crippen molar-refractivity contribution in [3.63, 3.8) is 0 Å². The monoisotopic (exact) mass is 344 g/mol. The van der Waals surface area contributed by atoms with Crippen LogP contribution in [0, 0.1) is 0 Å². The molecule has 1 saturated carbocycles. The van der Waals surface area contributed by atoms with Gasteiger partial charge in [0, 0.05) is 44.5 Å². The van der Waals surface area contributed by atoms with E-state index in [2.05, 4.69) is 20.5 Å². The topological polar surface area (TPSA) is 79.9 Å². The van der Waals surface area contributed by atoms with Crippen molar-refractivity contribution < 1.29 is 9.53 Å². The highest BCUT2D eigenvalue weighted by Crippen LogP contribution is 2.27. The van der Waals surface area contributed by atoms with E-state index in [0.29, 0.717) is 31.9 Å². The van der Waals surface area contributed by atoms with Crippen molar-refractivity contribution in [3.8, 4) is 0 Å². The van der Waals surface area contributed by atoms with Crippen LogP contribution in [-0.2, 0) is 16.0 Å². The quantitative estimate of drug-likeness (QED) is 0.679. The number of fused-ring (bicyclic) bond motifs is 1. The molecule has 6 nitrogen and oxygen atoms in total. The van der Waals surface area contributed by atoms with Crippen LogP contribution in [0.4, 0.5) is 5.82 Å². The van der Waals surface area contributed by atoms with E-state index in [4.69, 9.17) is 4.74 Å². The maximum absolute atomic E-state index is 12.0. The van der Waals surface area contributed by atoms with E-state index in [1.807, 2.05) is 6.07 Å². The highest BCUT2D eigenvalue weighted by molar-refractivity contribution is 5.92. The molecule has 0 spiro atoms. The molecule has 1 aliphatic carbocycles. The molecule has 0 amide bonds. The molecule has 1 fully saturated rings. The summed E-state index contributed by atoms with van der Waals surface area (Å²) in [5.41, 5.74) is 1.91. The van der Waals surface area contributed by atoms with Crippen molar-refractivity contribution >= 4 is 22.5 Å². The summed E-state index contributed by atoms with van der Waals surface area (Å²) in [5.74, 6) is 1.17. The summed E-state index contributed by atoms with van der Waals surface area (Å²) in [5, 5.41) is 12.1. The van der Waals surface area contributed by atoms with Gasteiger partial charge in [-0.05, 0) is 31.7 Å². The number of hydrogen-bond acceptors (Lipinski definition) is 5. The number of methoxy groups -OCH3 is 1. The van der Waals surface area contributed by atoms with Crippen LogP contribution < -0.4 is 5.32 Å². The summed E-state index contributed by atoms with van der Waals surface area (Å²) < 4.78 is 5.00. The maximum atomic E-state index is 12.0. The van der Waals surface area contributed by atoms with E-state index >= 15 is 0 Å². The first-order valence-electron chi connectivity index (χ1n) is 9.37. The highest BCUT2D eigenvalue weighted by Gasteiger charge is 2.17. The van der Waals surface area contributed by atoms with Crippen LogP contribution in [0.1, 0.15) is 57.1 Å². The first kappa shape index (κ1) is 17.9. The average molecular weight is 344 g/mol. The molecule has 0 atom stereocenters. The van der Waals surface area contributed by atoms with E-state index in [9.17, 15) is 4.79 Å². The highest BCUT2D eigenvalue weighted by atomic mass is 16.5. The van der Waals surface area contributed by atoms with E-state index in [1.54, 1.807) is 13.3 Å². The van der Waals surface area contributed by atoms with Crippen molar-refractivity contribution in [2.24, 2.45) is 0 Å². The average Bonchev–Trinajstić information content (AvgIpc) is 3.05. The number of carbonyl (C=O) groups excluding carboxylic acids is 1. The summed E-state index contributed by atoms with van der Waals surface area (Å²) >= 11 is 0. The number of H-pyrrole nitrogens is 1. The molecule has 0 bridgehead atoms. The third kappa shape index (κ3) is 4.78. The third-order valence-corrected chi connectivity index (χ3v) is 4.95. The van der Waals surface area contributed by atoms with E-state index in [-0.39, 0.29) is 5.78 Å². The van der Waals surface area contributed by atoms with Gasteiger partial charge in [0.05, 0.1) is 10.9 Å². The van der Waals surface area contributed by atoms with Crippen molar-refractivity contribution in [1.82, 2.24) is 15.2 Å². The Kier molecular flexibility index (Phi) is 6.39. The molecular weight excluding hydrogens is 316 g/mol. The Bertz CT molecular complexity index is 692. The SMILES string of the molecule is COCCCC(=O)CCc1[nH]nc2ccnc(NC3CCCCC3)c12. The summed E-state index contributed by atoms with van der Waals surface area (Å²) in [6.07, 6.45) is 10.6. The van der Waals surface area contributed by atoms with E-state index < -0.39 is 0 Å². The first-order chi connectivity index (χ1) is 12.3. The van der Waals surface area contributed by atoms with Gasteiger partial charge in [-0.3, -0.25) is 9.89 Å². The molecule has 0 unspecified atom stereocenters. The normalized spacial score (nSPS) is 15.6. The second kappa shape index (κ2) is 8.94. The second-order valence-electron chi connectivity index (χ2n) is 6.87. The van der Waals surface area contributed by atoms with Crippen LogP contribution in [0.25, 0.3) is 10.9 Å². The maximum Gasteiger partial charge on any atom is 0.137 e. The molecule has 6 heteroatoms. The summed E-state index contributed by atoms with van der Waals surface area (Å²) in [7, 11) is 1.66. The number of nitrogens with zero attached hydrogens (tertiary/aromatic N) is 2. The Hall–Kier alpha value is -1.95. The standard InChI is InChI=1S/C19H28N4O2/c1-25-13-5-8-15(24)9-10-16-18-17(23-22-16)11-12-20-19(18)21-14-6-3-2-4-7-14/h11-12,14H,2-10,13H2,1H3,(H,20,21)(H,22,23). The number of hydrogen-bond donors (Lipinski definition) is 2. The molecule has 0 aliphatic heterocycles. The number of aromatic nitrogens is 3. The fourth-order valence-electron chi connectivity index (χ4n) is 3.56. The number of aromatic amines is 1. The van der Waals surface area contributed by atoms with Gasteiger partial charge in [-0.1, -0.05) is 19.3 Å². The molecule has 0 radical (unpaired) electrons.